The predicted molar refractivity (Wildman–Crippen MR) is 84.8 cm³/mol. The van der Waals surface area contributed by atoms with Crippen molar-refractivity contribution < 1.29 is 9.47 Å². The van der Waals surface area contributed by atoms with E-state index in [0.717, 1.165) is 35.7 Å². The van der Waals surface area contributed by atoms with Crippen LogP contribution < -0.4 is 0 Å². The first kappa shape index (κ1) is 16.1. The molecular formula is C18H16N4O2. The van der Waals surface area contributed by atoms with Gasteiger partial charge in [0.25, 0.3) is 0 Å². The molecule has 2 aromatic rings. The van der Waals surface area contributed by atoms with Gasteiger partial charge in [0.05, 0.1) is 35.7 Å². The van der Waals surface area contributed by atoms with Gasteiger partial charge in [-0.2, -0.15) is 10.5 Å². The summed E-state index contributed by atoms with van der Waals surface area (Å²) >= 11 is 0. The molecule has 4 heterocycles. The lowest BCUT2D eigenvalue weighted by molar-refractivity contribution is 0.410. The second kappa shape index (κ2) is 6.76. The summed E-state index contributed by atoms with van der Waals surface area (Å²) in [6.07, 6.45) is 3.53. The summed E-state index contributed by atoms with van der Waals surface area (Å²) in [5, 5.41) is 17.2. The van der Waals surface area contributed by atoms with E-state index in [1.807, 2.05) is 26.0 Å². The largest absolute Gasteiger partial charge is 0.366 e. The van der Waals surface area contributed by atoms with Crippen molar-refractivity contribution in [2.45, 2.75) is 26.1 Å². The number of nitrogens with zero attached hydrogens (tertiary/aromatic N) is 4. The Bertz CT molecular complexity index is 772. The van der Waals surface area contributed by atoms with Gasteiger partial charge in [-0.25, -0.2) is 0 Å². The number of rotatable bonds is 2. The molecular weight excluding hydrogens is 304 g/mol. The maximum atomic E-state index is 8.59. The minimum atomic E-state index is 0.178. The predicted octanol–water partition coefficient (Wildman–Crippen LogP) is 2.67. The summed E-state index contributed by atoms with van der Waals surface area (Å²) in [4.78, 5) is 8.33. The maximum Gasteiger partial charge on any atom is 0.123 e. The molecule has 0 aromatic carbocycles. The van der Waals surface area contributed by atoms with E-state index in [1.54, 1.807) is 12.4 Å². The highest BCUT2D eigenvalue weighted by Crippen LogP contribution is 2.31. The van der Waals surface area contributed by atoms with Crippen LogP contribution in [0, 0.1) is 36.5 Å². The molecule has 120 valence electrons. The first-order valence-corrected chi connectivity index (χ1v) is 7.59. The highest BCUT2D eigenvalue weighted by Gasteiger charge is 2.28. The molecule has 0 radical (unpaired) electrons. The molecule has 0 spiro atoms. The number of pyridine rings is 2. The molecule has 2 aliphatic heterocycles. The van der Waals surface area contributed by atoms with Crippen LogP contribution in [0.2, 0.25) is 0 Å². The summed E-state index contributed by atoms with van der Waals surface area (Å²) in [5.41, 5.74) is 5.23. The highest BCUT2D eigenvalue weighted by atomic mass is 16.6. The van der Waals surface area contributed by atoms with Crippen molar-refractivity contribution in [3.8, 4) is 12.1 Å². The smallest absolute Gasteiger partial charge is 0.123 e. The fourth-order valence-corrected chi connectivity index (χ4v) is 2.38. The first-order valence-electron chi connectivity index (χ1n) is 7.59. The molecule has 2 aromatic heterocycles. The van der Waals surface area contributed by atoms with Crippen molar-refractivity contribution in [3.63, 3.8) is 0 Å². The van der Waals surface area contributed by atoms with Crippen molar-refractivity contribution in [2.75, 3.05) is 13.2 Å². The molecule has 2 aliphatic rings. The van der Waals surface area contributed by atoms with Gasteiger partial charge in [0.1, 0.15) is 24.3 Å². The van der Waals surface area contributed by atoms with E-state index in [9.17, 15) is 0 Å². The van der Waals surface area contributed by atoms with Crippen LogP contribution in [0.5, 0.6) is 0 Å². The topological polar surface area (TPSA) is 98.4 Å². The van der Waals surface area contributed by atoms with Crippen LogP contribution >= 0.6 is 0 Å². The van der Waals surface area contributed by atoms with Crippen LogP contribution in [0.15, 0.2) is 24.5 Å². The van der Waals surface area contributed by atoms with Gasteiger partial charge in [-0.05, 0) is 37.1 Å². The third-order valence-corrected chi connectivity index (χ3v) is 3.77. The van der Waals surface area contributed by atoms with Gasteiger partial charge in [-0.1, -0.05) is 0 Å². The van der Waals surface area contributed by atoms with E-state index in [4.69, 9.17) is 20.0 Å². The molecule has 2 saturated heterocycles. The highest BCUT2D eigenvalue weighted by molar-refractivity contribution is 5.34. The minimum Gasteiger partial charge on any atom is -0.366 e. The van der Waals surface area contributed by atoms with Crippen molar-refractivity contribution in [2.24, 2.45) is 0 Å². The van der Waals surface area contributed by atoms with E-state index in [2.05, 4.69) is 22.1 Å². The third-order valence-electron chi connectivity index (χ3n) is 3.77. The Balaban J connectivity index is 0.000000141. The molecule has 0 saturated carbocycles. The van der Waals surface area contributed by atoms with Crippen molar-refractivity contribution >= 4 is 0 Å². The van der Waals surface area contributed by atoms with Crippen molar-refractivity contribution in [1.82, 2.24) is 9.97 Å². The fourth-order valence-electron chi connectivity index (χ4n) is 2.38. The number of aryl methyl sites for hydroxylation is 2. The zero-order chi connectivity index (χ0) is 17.1. The lowest BCUT2D eigenvalue weighted by Crippen LogP contribution is -1.92. The number of nitriles is 2. The average molecular weight is 320 g/mol. The average Bonchev–Trinajstić information content (AvgIpc) is 3.48. The van der Waals surface area contributed by atoms with Crippen LogP contribution in [-0.2, 0) is 9.47 Å². The maximum absolute atomic E-state index is 8.59. The summed E-state index contributed by atoms with van der Waals surface area (Å²) in [6, 6.07) is 7.78. The van der Waals surface area contributed by atoms with Gasteiger partial charge in [0.15, 0.2) is 0 Å². The Morgan fingerprint density at radius 1 is 0.875 bits per heavy atom. The molecule has 24 heavy (non-hydrogen) atoms. The summed E-state index contributed by atoms with van der Waals surface area (Å²) in [5.74, 6) is 0. The van der Waals surface area contributed by atoms with Gasteiger partial charge in [0.2, 0.25) is 0 Å². The lowest BCUT2D eigenvalue weighted by Gasteiger charge is -1.99. The number of hydrogen-bond acceptors (Lipinski definition) is 6. The number of ether oxygens (including phenoxy) is 2. The zero-order valence-electron chi connectivity index (χ0n) is 13.5. The Kier molecular flexibility index (Phi) is 4.52. The standard InChI is InChI=1S/2C9H8N2O/c2*1-6-2-7(3-10)4-11-9(6)8-5-12-8/h2*2,4,8H,5H2,1H3. The normalized spacial score (nSPS) is 20.2. The SMILES string of the molecule is Cc1cc(C#N)cnc1C1CO1.Cc1cc(C#N)cnc1C1CO1. The quantitative estimate of drug-likeness (QED) is 0.789. The molecule has 0 bridgehead atoms. The minimum absolute atomic E-state index is 0.178. The van der Waals surface area contributed by atoms with Crippen LogP contribution in [0.4, 0.5) is 0 Å². The number of hydrogen-bond donors (Lipinski definition) is 0. The van der Waals surface area contributed by atoms with Gasteiger partial charge >= 0.3 is 0 Å². The van der Waals surface area contributed by atoms with Crippen LogP contribution in [0.1, 0.15) is 45.8 Å². The molecule has 2 atom stereocenters. The molecule has 0 aliphatic carbocycles. The van der Waals surface area contributed by atoms with Crippen molar-refractivity contribution in [1.29, 1.82) is 10.5 Å². The second-order valence-electron chi connectivity index (χ2n) is 5.72. The molecule has 4 rings (SSSR count). The summed E-state index contributed by atoms with van der Waals surface area (Å²) in [6.45, 7) is 5.43. The fraction of sp³-hybridized carbons (Fsp3) is 0.333. The Hall–Kier alpha value is -2.80. The van der Waals surface area contributed by atoms with Crippen LogP contribution in [-0.4, -0.2) is 23.2 Å². The van der Waals surface area contributed by atoms with E-state index in [0.29, 0.717) is 11.1 Å². The second-order valence-corrected chi connectivity index (χ2v) is 5.72. The van der Waals surface area contributed by atoms with Gasteiger partial charge in [0, 0.05) is 12.4 Å². The summed E-state index contributed by atoms with van der Waals surface area (Å²) < 4.78 is 10.2. The molecule has 6 heteroatoms. The molecule has 2 fully saturated rings. The van der Waals surface area contributed by atoms with E-state index < -0.39 is 0 Å². The number of aromatic nitrogens is 2. The van der Waals surface area contributed by atoms with Gasteiger partial charge in [-0.15, -0.1) is 0 Å². The Morgan fingerprint density at radius 3 is 1.50 bits per heavy atom. The Morgan fingerprint density at radius 2 is 1.25 bits per heavy atom. The number of epoxide rings is 2. The molecule has 2 unspecified atom stereocenters. The molecule has 6 nitrogen and oxygen atoms in total. The van der Waals surface area contributed by atoms with E-state index in [1.165, 1.54) is 0 Å². The molecule has 0 amide bonds. The van der Waals surface area contributed by atoms with Crippen LogP contribution in [0.3, 0.4) is 0 Å². The van der Waals surface area contributed by atoms with Crippen molar-refractivity contribution in [3.05, 3.63) is 58.2 Å². The monoisotopic (exact) mass is 320 g/mol. The van der Waals surface area contributed by atoms with E-state index >= 15 is 0 Å². The Labute approximate surface area is 140 Å². The first-order chi connectivity index (χ1) is 11.6. The zero-order valence-corrected chi connectivity index (χ0v) is 13.5. The van der Waals surface area contributed by atoms with E-state index in [-0.39, 0.29) is 12.2 Å². The van der Waals surface area contributed by atoms with Gasteiger partial charge in [-0.3, -0.25) is 9.97 Å². The van der Waals surface area contributed by atoms with Crippen LogP contribution in [0.25, 0.3) is 0 Å². The third kappa shape index (κ3) is 3.75. The summed E-state index contributed by atoms with van der Waals surface area (Å²) in [7, 11) is 0. The molecule has 0 N–H and O–H groups in total. The van der Waals surface area contributed by atoms with Gasteiger partial charge < -0.3 is 9.47 Å². The lowest BCUT2D eigenvalue weighted by atomic mass is 10.1.